The molecule has 8 heteroatoms. The minimum absolute atomic E-state index is 0.284. The van der Waals surface area contributed by atoms with E-state index in [9.17, 15) is 9.59 Å². The van der Waals surface area contributed by atoms with E-state index < -0.39 is 0 Å². The molecule has 2 N–H and O–H groups in total. The van der Waals surface area contributed by atoms with Gasteiger partial charge in [0, 0.05) is 13.1 Å². The molecule has 2 aliphatic rings. The summed E-state index contributed by atoms with van der Waals surface area (Å²) in [4.78, 5) is 22.0. The molecule has 0 atom stereocenters. The second kappa shape index (κ2) is 3.48. The number of urea groups is 2. The Balaban J connectivity index is 1.92. The van der Waals surface area contributed by atoms with Crippen molar-refractivity contribution in [3.63, 3.8) is 0 Å². The fraction of sp³-hybridized carbons (Fsp3) is 0.667. The average Bonchev–Trinajstić information content (AvgIpc) is 2.72. The van der Waals surface area contributed by atoms with E-state index in [1.807, 2.05) is 0 Å². The van der Waals surface area contributed by atoms with Gasteiger partial charge >= 0.3 is 12.1 Å². The highest BCUT2D eigenvalue weighted by Crippen LogP contribution is 2.02. The Morgan fingerprint density at radius 2 is 1.36 bits per heavy atom. The summed E-state index contributed by atoms with van der Waals surface area (Å²) in [7, 11) is 0. The predicted molar refractivity (Wildman–Crippen MR) is 45.1 cm³/mol. The number of carbonyl (C=O) groups is 2. The van der Waals surface area contributed by atoms with E-state index in [2.05, 4.69) is 21.1 Å². The molecule has 8 nitrogen and oxygen atoms in total. The first-order valence-electron chi connectivity index (χ1n) is 4.30. The molecule has 0 saturated carbocycles. The summed E-state index contributed by atoms with van der Waals surface area (Å²) in [6.45, 7) is 2.09. The van der Waals surface area contributed by atoms with Crippen LogP contribution >= 0.6 is 0 Å². The summed E-state index contributed by atoms with van der Waals surface area (Å²) in [6, 6.07) is -0.568. The molecule has 2 saturated heterocycles. The maximum atomic E-state index is 11.0. The minimum Gasteiger partial charge on any atom is -0.335 e. The van der Waals surface area contributed by atoms with E-state index >= 15 is 0 Å². The Morgan fingerprint density at radius 1 is 0.929 bits per heavy atom. The zero-order valence-corrected chi connectivity index (χ0v) is 7.43. The van der Waals surface area contributed by atoms with E-state index in [0.717, 1.165) is 0 Å². The highest BCUT2D eigenvalue weighted by molar-refractivity contribution is 5.76. The topological polar surface area (TPSA) is 89.4 Å². The lowest BCUT2D eigenvalue weighted by atomic mass is 10.7. The quantitative estimate of drug-likeness (QED) is 0.575. The van der Waals surface area contributed by atoms with E-state index in [-0.39, 0.29) is 12.1 Å². The minimum atomic E-state index is -0.284. The summed E-state index contributed by atoms with van der Waals surface area (Å²) in [5.74, 6) is 0. The lowest BCUT2D eigenvalue weighted by Gasteiger charge is -2.07. The van der Waals surface area contributed by atoms with E-state index in [1.54, 1.807) is 0 Å². The van der Waals surface area contributed by atoms with Crippen LogP contribution in [0.4, 0.5) is 9.59 Å². The normalized spacial score (nSPS) is 22.0. The summed E-state index contributed by atoms with van der Waals surface area (Å²) < 4.78 is 0. The molecule has 0 aromatic carbocycles. The molecule has 0 aromatic rings. The predicted octanol–water partition coefficient (Wildman–Crippen LogP) is -0.681. The molecule has 4 amide bonds. The first kappa shape index (κ1) is 8.73. The van der Waals surface area contributed by atoms with Gasteiger partial charge in [-0.05, 0) is 10.4 Å². The van der Waals surface area contributed by atoms with Crippen LogP contribution in [-0.4, -0.2) is 48.3 Å². The van der Waals surface area contributed by atoms with Crippen molar-refractivity contribution in [1.82, 2.24) is 20.7 Å². The number of carbonyl (C=O) groups excluding carboxylic acids is 2. The van der Waals surface area contributed by atoms with Crippen LogP contribution in [0.2, 0.25) is 0 Å². The maximum Gasteiger partial charge on any atom is 0.339 e. The van der Waals surface area contributed by atoms with E-state index in [1.165, 1.54) is 10.0 Å². The molecule has 2 rings (SSSR count). The maximum absolute atomic E-state index is 11.0. The average molecular weight is 198 g/mol. The van der Waals surface area contributed by atoms with Gasteiger partial charge in [-0.1, -0.05) is 0 Å². The van der Waals surface area contributed by atoms with Crippen LogP contribution in [0.25, 0.3) is 0 Å². The fourth-order valence-electron chi connectivity index (χ4n) is 1.19. The monoisotopic (exact) mass is 198 g/mol. The molecular weight excluding hydrogens is 188 g/mol. The number of nitrogens with one attached hydrogen (secondary N) is 2. The van der Waals surface area contributed by atoms with Crippen LogP contribution in [0.15, 0.2) is 10.4 Å². The van der Waals surface area contributed by atoms with Gasteiger partial charge in [-0.2, -0.15) is 10.0 Å². The largest absolute Gasteiger partial charge is 0.339 e. The van der Waals surface area contributed by atoms with Crippen LogP contribution in [0.1, 0.15) is 0 Å². The van der Waals surface area contributed by atoms with Crippen molar-refractivity contribution in [2.24, 2.45) is 10.4 Å². The van der Waals surface area contributed by atoms with Crippen LogP contribution in [0.3, 0.4) is 0 Å². The molecule has 0 radical (unpaired) electrons. The Hall–Kier alpha value is -1.86. The first-order chi connectivity index (χ1) is 6.77. The Kier molecular flexibility index (Phi) is 2.17. The fourth-order valence-corrected chi connectivity index (χ4v) is 1.19. The number of nitrogens with zero attached hydrogens (tertiary/aromatic N) is 4. The van der Waals surface area contributed by atoms with Gasteiger partial charge in [-0.3, -0.25) is 0 Å². The lowest BCUT2D eigenvalue weighted by Crippen LogP contribution is -2.26. The van der Waals surface area contributed by atoms with Gasteiger partial charge in [0.05, 0.1) is 13.1 Å². The molecule has 2 aliphatic heterocycles. The number of rotatable bonds is 2. The number of hydrogen-bond acceptors (Lipinski definition) is 4. The Morgan fingerprint density at radius 3 is 1.64 bits per heavy atom. The number of amides is 4. The van der Waals surface area contributed by atoms with Gasteiger partial charge in [-0.25, -0.2) is 9.59 Å². The van der Waals surface area contributed by atoms with Gasteiger partial charge < -0.3 is 10.6 Å². The smallest absolute Gasteiger partial charge is 0.335 e. The van der Waals surface area contributed by atoms with Crippen molar-refractivity contribution in [2.45, 2.75) is 0 Å². The molecule has 2 heterocycles. The molecular formula is C6H10N6O2. The standard InChI is InChI=1S/C6H10N6O2/c13-5-7-1-3-11(5)9-10-12-4-2-8-6(12)14/h1-4H2,(H,7,13)(H,8,14). The third kappa shape index (κ3) is 1.58. The third-order valence-corrected chi connectivity index (χ3v) is 1.92. The molecule has 0 bridgehead atoms. The molecule has 0 spiro atoms. The number of hydrogen-bond donors (Lipinski definition) is 2. The van der Waals surface area contributed by atoms with E-state index in [0.29, 0.717) is 26.2 Å². The van der Waals surface area contributed by atoms with Gasteiger partial charge in [0.15, 0.2) is 0 Å². The zero-order chi connectivity index (χ0) is 9.97. The SMILES string of the molecule is O=C1NCCN1N=NN1CCNC1=O. The van der Waals surface area contributed by atoms with Crippen LogP contribution in [-0.2, 0) is 0 Å². The van der Waals surface area contributed by atoms with Gasteiger partial charge in [0.1, 0.15) is 0 Å². The van der Waals surface area contributed by atoms with Gasteiger partial charge in [-0.15, -0.1) is 0 Å². The van der Waals surface area contributed by atoms with Crippen molar-refractivity contribution < 1.29 is 9.59 Å². The Labute approximate surface area is 79.9 Å². The van der Waals surface area contributed by atoms with Crippen molar-refractivity contribution in [2.75, 3.05) is 26.2 Å². The third-order valence-electron chi connectivity index (χ3n) is 1.92. The first-order valence-corrected chi connectivity index (χ1v) is 4.30. The second-order valence-corrected chi connectivity index (χ2v) is 2.89. The Bertz CT molecular complexity index is 262. The molecule has 0 aromatic heterocycles. The lowest BCUT2D eigenvalue weighted by molar-refractivity contribution is 0.197. The van der Waals surface area contributed by atoms with Crippen LogP contribution in [0.5, 0.6) is 0 Å². The van der Waals surface area contributed by atoms with Crippen LogP contribution in [0, 0.1) is 0 Å². The molecule has 2 fully saturated rings. The van der Waals surface area contributed by atoms with Crippen molar-refractivity contribution in [3.05, 3.63) is 0 Å². The summed E-state index contributed by atoms with van der Waals surface area (Å²) in [5.41, 5.74) is 0. The highest BCUT2D eigenvalue weighted by Gasteiger charge is 2.22. The van der Waals surface area contributed by atoms with Gasteiger partial charge in [0.2, 0.25) is 0 Å². The summed E-state index contributed by atoms with van der Waals surface area (Å²) in [5, 5.41) is 14.8. The van der Waals surface area contributed by atoms with Crippen LogP contribution < -0.4 is 10.6 Å². The van der Waals surface area contributed by atoms with Crippen molar-refractivity contribution in [3.8, 4) is 0 Å². The van der Waals surface area contributed by atoms with Crippen molar-refractivity contribution >= 4 is 12.1 Å². The summed E-state index contributed by atoms with van der Waals surface area (Å²) in [6.07, 6.45) is 0. The van der Waals surface area contributed by atoms with E-state index in [4.69, 9.17) is 0 Å². The molecule has 14 heavy (non-hydrogen) atoms. The van der Waals surface area contributed by atoms with Gasteiger partial charge in [0.25, 0.3) is 0 Å². The summed E-state index contributed by atoms with van der Waals surface area (Å²) >= 11 is 0. The molecule has 76 valence electrons. The highest BCUT2D eigenvalue weighted by atomic mass is 16.2. The zero-order valence-electron chi connectivity index (χ0n) is 7.43. The second-order valence-electron chi connectivity index (χ2n) is 2.89. The molecule has 0 unspecified atom stereocenters. The molecule has 0 aliphatic carbocycles. The van der Waals surface area contributed by atoms with Crippen molar-refractivity contribution in [1.29, 1.82) is 0 Å².